The first-order valence-corrected chi connectivity index (χ1v) is 9.52. The maximum Gasteiger partial charge on any atom is 0.344 e. The van der Waals surface area contributed by atoms with Crippen molar-refractivity contribution in [1.82, 2.24) is 0 Å². The molecule has 0 spiro atoms. The highest BCUT2D eigenvalue weighted by molar-refractivity contribution is 5.99. The Hall–Kier alpha value is -3.22. The fourth-order valence-electron chi connectivity index (χ4n) is 2.89. The monoisotopic (exact) mass is 416 g/mol. The normalized spacial score (nSPS) is 10.5. The number of ketones is 1. The van der Waals surface area contributed by atoms with Gasteiger partial charge in [-0.3, -0.25) is 4.79 Å². The molecule has 0 fully saturated rings. The molecular weight excluding hydrogens is 388 g/mol. The molecule has 7 nitrogen and oxygen atoms in total. The summed E-state index contributed by atoms with van der Waals surface area (Å²) in [6.45, 7) is 5.33. The van der Waals surface area contributed by atoms with Crippen LogP contribution in [-0.4, -0.2) is 46.3 Å². The summed E-state index contributed by atoms with van der Waals surface area (Å²) in [5, 5.41) is 0. The van der Waals surface area contributed by atoms with E-state index in [1.54, 1.807) is 0 Å². The van der Waals surface area contributed by atoms with Crippen LogP contribution in [-0.2, 0) is 9.53 Å². The Morgan fingerprint density at radius 3 is 2.03 bits per heavy atom. The molecule has 0 bridgehead atoms. The van der Waals surface area contributed by atoms with E-state index in [4.69, 9.17) is 23.7 Å². The Kier molecular flexibility index (Phi) is 8.09. The van der Waals surface area contributed by atoms with E-state index in [0.29, 0.717) is 23.0 Å². The maximum atomic E-state index is 12.5. The van der Waals surface area contributed by atoms with Gasteiger partial charge in [-0.25, -0.2) is 4.79 Å². The summed E-state index contributed by atoms with van der Waals surface area (Å²) in [4.78, 5) is 24.6. The van der Waals surface area contributed by atoms with Crippen molar-refractivity contribution >= 4 is 11.8 Å². The third kappa shape index (κ3) is 5.65. The van der Waals surface area contributed by atoms with Crippen molar-refractivity contribution in [2.24, 2.45) is 0 Å². The van der Waals surface area contributed by atoms with E-state index in [1.165, 1.54) is 33.5 Å². The standard InChI is InChI=1S/C23H28O7/c1-14(2)17-8-7-15(3)9-19(17)29-13-22(25)30-12-18(24)16-10-20(26-4)23(28-6)21(11-16)27-5/h7-11,14H,12-13H2,1-6H3. The van der Waals surface area contributed by atoms with Gasteiger partial charge in [0, 0.05) is 5.56 Å². The average Bonchev–Trinajstić information content (AvgIpc) is 2.74. The first-order valence-electron chi connectivity index (χ1n) is 9.52. The number of carbonyl (C=O) groups is 2. The van der Waals surface area contributed by atoms with Crippen molar-refractivity contribution in [1.29, 1.82) is 0 Å². The summed E-state index contributed by atoms with van der Waals surface area (Å²) < 4.78 is 26.4. The van der Waals surface area contributed by atoms with Gasteiger partial charge < -0.3 is 23.7 Å². The molecule has 0 saturated carbocycles. The zero-order valence-electron chi connectivity index (χ0n) is 18.2. The molecule has 0 aliphatic carbocycles. The van der Waals surface area contributed by atoms with Crippen molar-refractivity contribution in [2.45, 2.75) is 26.7 Å². The van der Waals surface area contributed by atoms with Gasteiger partial charge in [0.05, 0.1) is 21.3 Å². The van der Waals surface area contributed by atoms with Crippen LogP contribution in [0.5, 0.6) is 23.0 Å². The highest BCUT2D eigenvalue weighted by atomic mass is 16.6. The van der Waals surface area contributed by atoms with E-state index < -0.39 is 18.4 Å². The third-order valence-electron chi connectivity index (χ3n) is 4.49. The highest BCUT2D eigenvalue weighted by Gasteiger charge is 2.18. The van der Waals surface area contributed by atoms with Crippen molar-refractivity contribution in [3.05, 3.63) is 47.0 Å². The molecule has 30 heavy (non-hydrogen) atoms. The molecule has 2 aromatic rings. The topological polar surface area (TPSA) is 80.3 Å². The molecule has 2 rings (SSSR count). The summed E-state index contributed by atoms with van der Waals surface area (Å²) in [7, 11) is 4.39. The molecular formula is C23H28O7. The van der Waals surface area contributed by atoms with Gasteiger partial charge in [0.25, 0.3) is 0 Å². The van der Waals surface area contributed by atoms with Crippen molar-refractivity contribution < 1.29 is 33.3 Å². The van der Waals surface area contributed by atoms with Crippen LogP contribution in [0.2, 0.25) is 0 Å². The number of hydrogen-bond acceptors (Lipinski definition) is 7. The summed E-state index contributed by atoms with van der Waals surface area (Å²) in [5.41, 5.74) is 2.31. The summed E-state index contributed by atoms with van der Waals surface area (Å²) in [6, 6.07) is 8.88. The van der Waals surface area contributed by atoms with Gasteiger partial charge in [0.2, 0.25) is 11.5 Å². The van der Waals surface area contributed by atoms with Crippen molar-refractivity contribution in [2.75, 3.05) is 34.5 Å². The molecule has 2 aromatic carbocycles. The zero-order valence-corrected chi connectivity index (χ0v) is 18.2. The fraction of sp³-hybridized carbons (Fsp3) is 0.391. The second kappa shape index (κ2) is 10.5. The number of carbonyl (C=O) groups excluding carboxylic acids is 2. The van der Waals surface area contributed by atoms with Crippen LogP contribution < -0.4 is 18.9 Å². The number of ether oxygens (including phenoxy) is 5. The lowest BCUT2D eigenvalue weighted by Gasteiger charge is -2.15. The number of aryl methyl sites for hydroxylation is 1. The van der Waals surface area contributed by atoms with Crippen LogP contribution in [0, 0.1) is 6.92 Å². The number of hydrogen-bond donors (Lipinski definition) is 0. The van der Waals surface area contributed by atoms with Gasteiger partial charge >= 0.3 is 5.97 Å². The van der Waals surface area contributed by atoms with Crippen molar-refractivity contribution in [3.8, 4) is 23.0 Å². The Morgan fingerprint density at radius 1 is 0.867 bits per heavy atom. The van der Waals surface area contributed by atoms with Gasteiger partial charge in [0.1, 0.15) is 5.75 Å². The lowest BCUT2D eigenvalue weighted by atomic mass is 10.0. The van der Waals surface area contributed by atoms with Gasteiger partial charge in [-0.05, 0) is 42.2 Å². The van der Waals surface area contributed by atoms with Gasteiger partial charge in [-0.1, -0.05) is 26.0 Å². The van der Waals surface area contributed by atoms with E-state index in [1.807, 2.05) is 39.0 Å². The van der Waals surface area contributed by atoms with E-state index in [9.17, 15) is 9.59 Å². The van der Waals surface area contributed by atoms with Crippen LogP contribution in [0.15, 0.2) is 30.3 Å². The first kappa shape index (κ1) is 23.1. The lowest BCUT2D eigenvalue weighted by Crippen LogP contribution is -2.20. The van der Waals surface area contributed by atoms with E-state index >= 15 is 0 Å². The molecule has 0 aliphatic rings. The Labute approximate surface area is 176 Å². The van der Waals surface area contributed by atoms with Gasteiger partial charge in [-0.2, -0.15) is 0 Å². The van der Waals surface area contributed by atoms with Crippen LogP contribution in [0.1, 0.15) is 41.3 Å². The second-order valence-corrected chi connectivity index (χ2v) is 6.98. The Morgan fingerprint density at radius 2 is 1.50 bits per heavy atom. The number of methoxy groups -OCH3 is 3. The summed E-state index contributed by atoms with van der Waals surface area (Å²) in [6.07, 6.45) is 0. The second-order valence-electron chi connectivity index (χ2n) is 6.98. The quantitative estimate of drug-likeness (QED) is 0.428. The molecule has 162 valence electrons. The average molecular weight is 416 g/mol. The van der Waals surface area contributed by atoms with Gasteiger partial charge in [-0.15, -0.1) is 0 Å². The number of esters is 1. The van der Waals surface area contributed by atoms with E-state index in [2.05, 4.69) is 0 Å². The molecule has 0 saturated heterocycles. The smallest absolute Gasteiger partial charge is 0.344 e. The van der Waals surface area contributed by atoms with Crippen LogP contribution in [0.4, 0.5) is 0 Å². The number of Topliss-reactive ketones (excluding diaryl/α,β-unsaturated/α-hetero) is 1. The first-order chi connectivity index (χ1) is 14.3. The molecule has 0 amide bonds. The largest absolute Gasteiger partial charge is 0.493 e. The zero-order chi connectivity index (χ0) is 22.3. The fourth-order valence-corrected chi connectivity index (χ4v) is 2.89. The summed E-state index contributed by atoms with van der Waals surface area (Å²) in [5.74, 6) is 0.913. The number of rotatable bonds is 10. The predicted octanol–water partition coefficient (Wildman–Crippen LogP) is 3.95. The minimum Gasteiger partial charge on any atom is -0.493 e. The predicted molar refractivity (Wildman–Crippen MR) is 112 cm³/mol. The molecule has 0 aliphatic heterocycles. The van der Waals surface area contributed by atoms with Crippen LogP contribution >= 0.6 is 0 Å². The molecule has 0 heterocycles. The molecule has 0 atom stereocenters. The van der Waals surface area contributed by atoms with Crippen molar-refractivity contribution in [3.63, 3.8) is 0 Å². The summed E-state index contributed by atoms with van der Waals surface area (Å²) >= 11 is 0. The molecule has 0 unspecified atom stereocenters. The Bertz CT molecular complexity index is 877. The maximum absolute atomic E-state index is 12.5. The highest BCUT2D eigenvalue weighted by Crippen LogP contribution is 2.38. The van der Waals surface area contributed by atoms with E-state index in [-0.39, 0.29) is 18.1 Å². The molecule has 0 radical (unpaired) electrons. The Balaban J connectivity index is 2.00. The van der Waals surface area contributed by atoms with Crippen LogP contribution in [0.25, 0.3) is 0 Å². The van der Waals surface area contributed by atoms with Crippen LogP contribution in [0.3, 0.4) is 0 Å². The molecule has 0 N–H and O–H groups in total. The minimum atomic E-state index is -0.632. The SMILES string of the molecule is COc1cc(C(=O)COC(=O)COc2cc(C)ccc2C(C)C)cc(OC)c1OC. The minimum absolute atomic E-state index is 0.248. The van der Waals surface area contributed by atoms with E-state index in [0.717, 1.165) is 11.1 Å². The number of benzene rings is 2. The molecule has 7 heteroatoms. The third-order valence-corrected chi connectivity index (χ3v) is 4.49. The molecule has 0 aromatic heterocycles. The lowest BCUT2D eigenvalue weighted by molar-refractivity contribution is -0.144. The van der Waals surface area contributed by atoms with Gasteiger partial charge in [0.15, 0.2) is 24.7 Å².